The van der Waals surface area contributed by atoms with E-state index >= 15 is 0 Å². The molecule has 7 heteroatoms. The fourth-order valence-corrected chi connectivity index (χ4v) is 2.78. The van der Waals surface area contributed by atoms with Gasteiger partial charge in [-0.15, -0.1) is 0 Å². The molecule has 124 valence electrons. The highest BCUT2D eigenvalue weighted by Gasteiger charge is 2.11. The van der Waals surface area contributed by atoms with Crippen molar-refractivity contribution in [2.24, 2.45) is 0 Å². The highest BCUT2D eigenvalue weighted by molar-refractivity contribution is 14.1. The molecule has 25 heavy (non-hydrogen) atoms. The lowest BCUT2D eigenvalue weighted by Gasteiger charge is -2.07. The Labute approximate surface area is 163 Å². The van der Waals surface area contributed by atoms with Gasteiger partial charge in [0.1, 0.15) is 23.5 Å². The van der Waals surface area contributed by atoms with Crippen molar-refractivity contribution >= 4 is 51.9 Å². The van der Waals surface area contributed by atoms with Gasteiger partial charge in [-0.05, 0) is 58.5 Å². The molecule has 2 rings (SSSR count). The zero-order valence-electron chi connectivity index (χ0n) is 12.8. The monoisotopic (exact) mass is 463 g/mol. The average Bonchev–Trinajstić information content (AvgIpc) is 2.60. The van der Waals surface area contributed by atoms with E-state index in [0.717, 1.165) is 3.57 Å². The van der Waals surface area contributed by atoms with Crippen LogP contribution in [0.25, 0.3) is 6.08 Å². The minimum Gasteiger partial charge on any atom is -0.478 e. The van der Waals surface area contributed by atoms with Gasteiger partial charge in [-0.3, -0.25) is 4.79 Å². The number of nitrogens with zero attached hydrogens (tertiary/aromatic N) is 2. The molecular weight excluding hydrogens is 453 g/mol. The summed E-state index contributed by atoms with van der Waals surface area (Å²) >= 11 is 8.06. The molecule has 2 aromatic rings. The van der Waals surface area contributed by atoms with Crippen molar-refractivity contribution in [2.75, 3.05) is 11.9 Å². The third-order valence-corrected chi connectivity index (χ3v) is 4.22. The van der Waals surface area contributed by atoms with Crippen LogP contribution in [0.1, 0.15) is 5.56 Å². The Kier molecular flexibility index (Phi) is 6.81. The van der Waals surface area contributed by atoms with Crippen LogP contribution in [0.5, 0.6) is 5.75 Å². The van der Waals surface area contributed by atoms with E-state index in [9.17, 15) is 10.1 Å². The van der Waals surface area contributed by atoms with Crippen molar-refractivity contribution in [3.05, 3.63) is 62.2 Å². The summed E-state index contributed by atoms with van der Waals surface area (Å²) < 4.78 is 6.03. The van der Waals surface area contributed by atoms with Crippen LogP contribution in [0.3, 0.4) is 0 Å². The number of amides is 1. The summed E-state index contributed by atoms with van der Waals surface area (Å²) in [7, 11) is 0. The van der Waals surface area contributed by atoms with Crippen LogP contribution in [0.4, 0.5) is 5.69 Å². The molecule has 1 amide bonds. The molecular formula is C18H11ClIN3O2. The van der Waals surface area contributed by atoms with E-state index in [-0.39, 0.29) is 12.2 Å². The van der Waals surface area contributed by atoms with E-state index in [1.165, 1.54) is 6.08 Å². The third kappa shape index (κ3) is 5.21. The van der Waals surface area contributed by atoms with Gasteiger partial charge < -0.3 is 10.1 Å². The fourth-order valence-electron chi connectivity index (χ4n) is 1.90. The first-order chi connectivity index (χ1) is 12.0. The van der Waals surface area contributed by atoms with Crippen LogP contribution >= 0.6 is 34.2 Å². The largest absolute Gasteiger partial charge is 0.478 e. The Balaban J connectivity index is 2.21. The molecule has 1 N–H and O–H groups in total. The molecule has 0 aliphatic heterocycles. The molecule has 0 saturated heterocycles. The number of benzene rings is 2. The summed E-state index contributed by atoms with van der Waals surface area (Å²) in [5, 5.41) is 20.8. The van der Waals surface area contributed by atoms with Crippen molar-refractivity contribution in [3.8, 4) is 17.9 Å². The number of halogens is 2. The predicted octanol–water partition coefficient (Wildman–Crippen LogP) is 4.39. The Morgan fingerprint density at radius 1 is 1.28 bits per heavy atom. The minimum atomic E-state index is -0.546. The molecule has 0 aliphatic rings. The van der Waals surface area contributed by atoms with Gasteiger partial charge in [0, 0.05) is 0 Å². The molecule has 0 saturated carbocycles. The number of ether oxygens (including phenoxy) is 1. The molecule has 0 unspecified atom stereocenters. The molecule has 5 nitrogen and oxygen atoms in total. The van der Waals surface area contributed by atoms with Crippen LogP contribution in [0.2, 0.25) is 5.02 Å². The van der Waals surface area contributed by atoms with E-state index in [4.69, 9.17) is 21.6 Å². The quantitative estimate of drug-likeness (QED) is 0.405. The minimum absolute atomic E-state index is 0.0468. The molecule has 0 fully saturated rings. The lowest BCUT2D eigenvalue weighted by molar-refractivity contribution is -0.112. The summed E-state index contributed by atoms with van der Waals surface area (Å²) in [6.45, 7) is -0.0468. The maximum absolute atomic E-state index is 12.3. The second-order valence-electron chi connectivity index (χ2n) is 4.74. The highest BCUT2D eigenvalue weighted by atomic mass is 127. The molecule has 0 aromatic heterocycles. The van der Waals surface area contributed by atoms with Gasteiger partial charge in [0.2, 0.25) is 0 Å². The first-order valence-corrected chi connectivity index (χ1v) is 8.48. The van der Waals surface area contributed by atoms with Gasteiger partial charge in [-0.1, -0.05) is 29.8 Å². The molecule has 0 atom stereocenters. The maximum Gasteiger partial charge on any atom is 0.266 e. The smallest absolute Gasteiger partial charge is 0.266 e. The van der Waals surface area contributed by atoms with E-state index in [0.29, 0.717) is 22.0 Å². The number of anilines is 1. The van der Waals surface area contributed by atoms with Crippen LogP contribution < -0.4 is 10.1 Å². The second kappa shape index (κ2) is 9.07. The number of rotatable bonds is 5. The molecule has 0 aliphatic carbocycles. The van der Waals surface area contributed by atoms with Gasteiger partial charge in [0.25, 0.3) is 5.91 Å². The standard InChI is InChI=1S/C18H11ClIN3O2/c19-14-3-1-2-4-16(14)23-18(24)13(11-22)9-12-5-6-17(15(20)10-12)25-8-7-21/h1-6,9-10H,8H2,(H,23,24)/b13-9+. The molecule has 0 bridgehead atoms. The normalized spacial score (nSPS) is 10.5. The Bertz CT molecular complexity index is 913. The van der Waals surface area contributed by atoms with Crippen LogP contribution in [-0.4, -0.2) is 12.5 Å². The van der Waals surface area contributed by atoms with Gasteiger partial charge in [-0.2, -0.15) is 10.5 Å². The molecule has 0 radical (unpaired) electrons. The number of nitrogens with one attached hydrogen (secondary N) is 1. The summed E-state index contributed by atoms with van der Waals surface area (Å²) in [6, 6.07) is 15.7. The predicted molar refractivity (Wildman–Crippen MR) is 104 cm³/mol. The summed E-state index contributed by atoms with van der Waals surface area (Å²) in [5.41, 5.74) is 1.05. The average molecular weight is 464 g/mol. The van der Waals surface area contributed by atoms with Gasteiger partial charge in [0.15, 0.2) is 6.61 Å². The fraction of sp³-hybridized carbons (Fsp3) is 0.0556. The van der Waals surface area contributed by atoms with Crippen molar-refractivity contribution in [2.45, 2.75) is 0 Å². The third-order valence-electron chi connectivity index (χ3n) is 3.05. The second-order valence-corrected chi connectivity index (χ2v) is 6.31. The molecule has 0 spiro atoms. The topological polar surface area (TPSA) is 85.9 Å². The zero-order chi connectivity index (χ0) is 18.2. The zero-order valence-corrected chi connectivity index (χ0v) is 15.7. The summed E-state index contributed by atoms with van der Waals surface area (Å²) in [6.07, 6.45) is 1.47. The molecule has 0 heterocycles. The lowest BCUT2D eigenvalue weighted by atomic mass is 10.1. The van der Waals surface area contributed by atoms with Gasteiger partial charge in [0.05, 0.1) is 14.3 Å². The van der Waals surface area contributed by atoms with E-state index in [1.807, 2.05) is 12.1 Å². The van der Waals surface area contributed by atoms with Crippen molar-refractivity contribution in [3.63, 3.8) is 0 Å². The number of hydrogen-bond donors (Lipinski definition) is 1. The van der Waals surface area contributed by atoms with E-state index in [2.05, 4.69) is 27.9 Å². The van der Waals surface area contributed by atoms with Crippen molar-refractivity contribution in [1.82, 2.24) is 0 Å². The number of carbonyl (C=O) groups excluding carboxylic acids is 1. The number of nitriles is 2. The van der Waals surface area contributed by atoms with Crippen molar-refractivity contribution < 1.29 is 9.53 Å². The van der Waals surface area contributed by atoms with E-state index < -0.39 is 5.91 Å². The Morgan fingerprint density at radius 2 is 2.04 bits per heavy atom. The maximum atomic E-state index is 12.3. The van der Waals surface area contributed by atoms with Crippen LogP contribution in [-0.2, 0) is 4.79 Å². The van der Waals surface area contributed by atoms with E-state index in [1.54, 1.807) is 42.5 Å². The van der Waals surface area contributed by atoms with Gasteiger partial charge >= 0.3 is 0 Å². The SMILES string of the molecule is N#CCOc1ccc(/C=C(\C#N)C(=O)Nc2ccccc2Cl)cc1I. The molecule has 2 aromatic carbocycles. The van der Waals surface area contributed by atoms with Gasteiger partial charge in [-0.25, -0.2) is 0 Å². The van der Waals surface area contributed by atoms with Crippen LogP contribution in [0.15, 0.2) is 48.0 Å². The number of hydrogen-bond acceptors (Lipinski definition) is 4. The van der Waals surface area contributed by atoms with Crippen molar-refractivity contribution in [1.29, 1.82) is 10.5 Å². The summed E-state index contributed by atoms with van der Waals surface area (Å²) in [5.74, 6) is 0.0220. The van der Waals surface area contributed by atoms with Crippen LogP contribution in [0, 0.1) is 26.2 Å². The Morgan fingerprint density at radius 3 is 2.68 bits per heavy atom. The Hall–Kier alpha value is -2.55. The summed E-state index contributed by atoms with van der Waals surface area (Å²) in [4.78, 5) is 12.3. The number of carbonyl (C=O) groups is 1. The lowest BCUT2D eigenvalue weighted by Crippen LogP contribution is -2.13. The highest BCUT2D eigenvalue weighted by Crippen LogP contribution is 2.24. The first-order valence-electron chi connectivity index (χ1n) is 7.02. The number of para-hydroxylation sites is 1. The first kappa shape index (κ1) is 18.8.